The first-order valence-electron chi connectivity index (χ1n) is 10.9. The van der Waals surface area contributed by atoms with Crippen LogP contribution in [0.15, 0.2) is 59.3 Å². The molecule has 1 aliphatic heterocycles. The van der Waals surface area contributed by atoms with Crippen molar-refractivity contribution in [3.8, 4) is 11.5 Å². The lowest BCUT2D eigenvalue weighted by Crippen LogP contribution is -2.26. The molecule has 0 spiro atoms. The molecule has 0 N–H and O–H groups in total. The van der Waals surface area contributed by atoms with Crippen molar-refractivity contribution in [3.05, 3.63) is 64.9 Å². The van der Waals surface area contributed by atoms with Gasteiger partial charge in [-0.05, 0) is 62.8 Å². The van der Waals surface area contributed by atoms with Gasteiger partial charge < -0.3 is 19.1 Å². The van der Waals surface area contributed by atoms with Crippen LogP contribution in [0.1, 0.15) is 44.6 Å². The molecule has 170 valence electrons. The van der Waals surface area contributed by atoms with Crippen LogP contribution in [-0.2, 0) is 14.3 Å². The fourth-order valence-corrected chi connectivity index (χ4v) is 4.09. The van der Waals surface area contributed by atoms with Gasteiger partial charge in [-0.2, -0.15) is 0 Å². The number of ether oxygens (including phenoxy) is 3. The number of rotatable bonds is 9. The summed E-state index contributed by atoms with van der Waals surface area (Å²) in [6.07, 6.45) is 11.1. The van der Waals surface area contributed by atoms with E-state index in [4.69, 9.17) is 14.2 Å². The predicted molar refractivity (Wildman–Crippen MR) is 124 cm³/mol. The summed E-state index contributed by atoms with van der Waals surface area (Å²) in [5, 5.41) is 0. The maximum absolute atomic E-state index is 13.3. The molecular formula is C26H31NO5. The Hall–Kier alpha value is -3.28. The molecule has 0 unspecified atom stereocenters. The number of amides is 1. The second kappa shape index (κ2) is 10.8. The molecule has 0 radical (unpaired) electrons. The monoisotopic (exact) mass is 437 g/mol. The van der Waals surface area contributed by atoms with Gasteiger partial charge in [-0.1, -0.05) is 30.4 Å². The van der Waals surface area contributed by atoms with Gasteiger partial charge >= 0.3 is 5.97 Å². The maximum Gasteiger partial charge on any atom is 0.340 e. The van der Waals surface area contributed by atoms with Crippen LogP contribution < -0.4 is 9.47 Å². The van der Waals surface area contributed by atoms with Crippen LogP contribution in [0.2, 0.25) is 0 Å². The summed E-state index contributed by atoms with van der Waals surface area (Å²) in [6.45, 7) is 6.35. The molecule has 3 rings (SSSR count). The number of esters is 1. The number of nitrogens with zero attached hydrogens (tertiary/aromatic N) is 1. The van der Waals surface area contributed by atoms with Crippen molar-refractivity contribution in [1.29, 1.82) is 0 Å². The van der Waals surface area contributed by atoms with Crippen LogP contribution >= 0.6 is 0 Å². The van der Waals surface area contributed by atoms with Crippen LogP contribution in [0.3, 0.4) is 0 Å². The summed E-state index contributed by atoms with van der Waals surface area (Å²) >= 11 is 0. The first-order chi connectivity index (χ1) is 15.5. The van der Waals surface area contributed by atoms with Gasteiger partial charge in [0.25, 0.3) is 5.91 Å². The third-order valence-corrected chi connectivity index (χ3v) is 5.80. The van der Waals surface area contributed by atoms with E-state index in [1.54, 1.807) is 43.2 Å². The highest BCUT2D eigenvalue weighted by Gasteiger charge is 2.36. The SMILES string of the molecule is C=CCOc1ccc(/C=C2\C(=O)N(CCC3=CCCCC3)C(C)=C2C(=O)OC)cc1OC. The maximum atomic E-state index is 13.3. The van der Waals surface area contributed by atoms with Gasteiger partial charge in [-0.3, -0.25) is 4.79 Å². The van der Waals surface area contributed by atoms with E-state index in [1.807, 2.05) is 6.07 Å². The lowest BCUT2D eigenvalue weighted by molar-refractivity contribution is -0.136. The third-order valence-electron chi connectivity index (χ3n) is 5.80. The van der Waals surface area contributed by atoms with E-state index in [0.29, 0.717) is 41.5 Å². The summed E-state index contributed by atoms with van der Waals surface area (Å²) in [4.78, 5) is 27.5. The number of hydrogen-bond acceptors (Lipinski definition) is 5. The van der Waals surface area contributed by atoms with Crippen molar-refractivity contribution in [2.45, 2.75) is 39.0 Å². The number of carbonyl (C=O) groups is 2. The third kappa shape index (κ3) is 5.13. The van der Waals surface area contributed by atoms with Gasteiger partial charge in [-0.25, -0.2) is 4.79 Å². The number of methoxy groups -OCH3 is 2. The Morgan fingerprint density at radius 2 is 2.03 bits per heavy atom. The minimum Gasteiger partial charge on any atom is -0.493 e. The highest BCUT2D eigenvalue weighted by molar-refractivity contribution is 6.16. The molecule has 0 saturated heterocycles. The number of hydrogen-bond donors (Lipinski definition) is 0. The average molecular weight is 438 g/mol. The Morgan fingerprint density at radius 3 is 2.69 bits per heavy atom. The zero-order chi connectivity index (χ0) is 23.1. The second-order valence-corrected chi connectivity index (χ2v) is 7.83. The molecule has 0 aromatic heterocycles. The normalized spacial score (nSPS) is 17.5. The van der Waals surface area contributed by atoms with Gasteiger partial charge in [0.2, 0.25) is 0 Å². The topological polar surface area (TPSA) is 65.1 Å². The quantitative estimate of drug-likeness (QED) is 0.315. The summed E-state index contributed by atoms with van der Waals surface area (Å²) < 4.78 is 16.0. The zero-order valence-electron chi connectivity index (χ0n) is 19.1. The fourth-order valence-electron chi connectivity index (χ4n) is 4.09. The van der Waals surface area contributed by atoms with Crippen LogP contribution in [0.4, 0.5) is 0 Å². The number of carbonyl (C=O) groups excluding carboxylic acids is 2. The largest absolute Gasteiger partial charge is 0.493 e. The van der Waals surface area contributed by atoms with Crippen molar-refractivity contribution in [2.75, 3.05) is 27.4 Å². The summed E-state index contributed by atoms with van der Waals surface area (Å²) in [5.41, 5.74) is 3.37. The molecule has 6 nitrogen and oxygen atoms in total. The van der Waals surface area contributed by atoms with E-state index in [-0.39, 0.29) is 5.91 Å². The summed E-state index contributed by atoms with van der Waals surface area (Å²) in [5.74, 6) is 0.410. The molecule has 0 atom stereocenters. The lowest BCUT2D eigenvalue weighted by atomic mass is 9.97. The molecule has 1 heterocycles. The first-order valence-corrected chi connectivity index (χ1v) is 10.9. The molecule has 1 aromatic rings. The molecule has 0 bridgehead atoms. The molecule has 6 heteroatoms. The lowest BCUT2D eigenvalue weighted by Gasteiger charge is -2.20. The summed E-state index contributed by atoms with van der Waals surface area (Å²) in [6, 6.07) is 5.37. The van der Waals surface area contributed by atoms with Gasteiger partial charge in [0, 0.05) is 12.2 Å². The van der Waals surface area contributed by atoms with Gasteiger partial charge in [0.05, 0.1) is 25.4 Å². The van der Waals surface area contributed by atoms with E-state index in [2.05, 4.69) is 12.7 Å². The molecule has 1 aromatic carbocycles. The van der Waals surface area contributed by atoms with Crippen LogP contribution in [0.5, 0.6) is 11.5 Å². The zero-order valence-corrected chi connectivity index (χ0v) is 19.1. The van der Waals surface area contributed by atoms with Crippen molar-refractivity contribution >= 4 is 18.0 Å². The van der Waals surface area contributed by atoms with E-state index < -0.39 is 5.97 Å². The Kier molecular flexibility index (Phi) is 7.92. The molecule has 0 saturated carbocycles. The smallest absolute Gasteiger partial charge is 0.340 e. The molecule has 2 aliphatic rings. The molecule has 0 fully saturated rings. The van der Waals surface area contributed by atoms with Gasteiger partial charge in [0.1, 0.15) is 6.61 Å². The molecule has 32 heavy (non-hydrogen) atoms. The van der Waals surface area contributed by atoms with Crippen molar-refractivity contribution in [2.24, 2.45) is 0 Å². The van der Waals surface area contributed by atoms with Gasteiger partial charge in [-0.15, -0.1) is 0 Å². The number of benzene rings is 1. The van der Waals surface area contributed by atoms with E-state index in [1.165, 1.54) is 25.5 Å². The van der Waals surface area contributed by atoms with E-state index in [0.717, 1.165) is 24.8 Å². The Morgan fingerprint density at radius 1 is 1.22 bits per heavy atom. The highest BCUT2D eigenvalue weighted by Crippen LogP contribution is 2.34. The molecule has 1 amide bonds. The van der Waals surface area contributed by atoms with E-state index in [9.17, 15) is 9.59 Å². The predicted octanol–water partition coefficient (Wildman–Crippen LogP) is 4.82. The second-order valence-electron chi connectivity index (χ2n) is 7.83. The molecular weight excluding hydrogens is 406 g/mol. The molecule has 1 aliphatic carbocycles. The van der Waals surface area contributed by atoms with Crippen molar-refractivity contribution < 1.29 is 23.8 Å². The Labute approximate surface area is 189 Å². The Balaban J connectivity index is 1.90. The fraction of sp³-hybridized carbons (Fsp3) is 0.385. The van der Waals surface area contributed by atoms with Crippen molar-refractivity contribution in [1.82, 2.24) is 4.90 Å². The van der Waals surface area contributed by atoms with Crippen LogP contribution in [0.25, 0.3) is 6.08 Å². The standard InChI is InChI=1S/C26H31NO5/c1-5-15-32-22-12-11-20(17-23(22)30-3)16-21-24(26(29)31-4)18(2)27(25(21)28)14-13-19-9-7-6-8-10-19/h5,9,11-12,16-17H,1,6-8,10,13-15H2,2-4H3/b21-16-. The number of allylic oxidation sites excluding steroid dienone is 2. The van der Waals surface area contributed by atoms with Crippen LogP contribution in [0, 0.1) is 0 Å². The van der Waals surface area contributed by atoms with Crippen LogP contribution in [-0.4, -0.2) is 44.1 Å². The first kappa shape index (κ1) is 23.4. The Bertz CT molecular complexity index is 986. The minimum atomic E-state index is -0.514. The van der Waals surface area contributed by atoms with E-state index >= 15 is 0 Å². The minimum absolute atomic E-state index is 0.190. The van der Waals surface area contributed by atoms with Gasteiger partial charge in [0.15, 0.2) is 11.5 Å². The summed E-state index contributed by atoms with van der Waals surface area (Å²) in [7, 11) is 2.88. The van der Waals surface area contributed by atoms with Crippen molar-refractivity contribution in [3.63, 3.8) is 0 Å². The highest BCUT2D eigenvalue weighted by atomic mass is 16.5. The average Bonchev–Trinajstić information content (AvgIpc) is 3.05.